The van der Waals surface area contributed by atoms with E-state index < -0.39 is 47.7 Å². The van der Waals surface area contributed by atoms with E-state index in [1.165, 1.54) is 31.2 Å². The molecule has 6 N–H and O–H groups in total. The predicted octanol–water partition coefficient (Wildman–Crippen LogP) is -0.573. The van der Waals surface area contributed by atoms with E-state index in [1.807, 2.05) is 20.1 Å². The van der Waals surface area contributed by atoms with Gasteiger partial charge in [0.25, 0.3) is 0 Å². The number of aliphatic carboxylic acids is 1. The van der Waals surface area contributed by atoms with Gasteiger partial charge in [-0.1, -0.05) is 13.8 Å². The number of rotatable bonds is 15. The number of thioether (sulfide) groups is 1. The van der Waals surface area contributed by atoms with Gasteiger partial charge in [-0.3, -0.25) is 19.2 Å². The van der Waals surface area contributed by atoms with Crippen molar-refractivity contribution in [3.8, 4) is 0 Å². The minimum absolute atomic E-state index is 0.0194. The molecule has 0 aromatic carbocycles. The molecule has 0 fully saturated rings. The van der Waals surface area contributed by atoms with Crippen LogP contribution in [0.15, 0.2) is 12.5 Å². The zero-order valence-electron chi connectivity index (χ0n) is 19.8. The first-order valence-electron chi connectivity index (χ1n) is 10.9. The summed E-state index contributed by atoms with van der Waals surface area (Å²) in [6.07, 6.45) is 5.35. The van der Waals surface area contributed by atoms with E-state index in [0.717, 1.165) is 0 Å². The highest BCUT2D eigenvalue weighted by molar-refractivity contribution is 7.98. The maximum absolute atomic E-state index is 13.1. The van der Waals surface area contributed by atoms with Gasteiger partial charge < -0.3 is 31.4 Å². The van der Waals surface area contributed by atoms with Crippen LogP contribution in [0.5, 0.6) is 0 Å². The summed E-state index contributed by atoms with van der Waals surface area (Å²) in [6, 6.07) is -3.14. The van der Waals surface area contributed by atoms with Crippen molar-refractivity contribution in [1.82, 2.24) is 31.2 Å². The number of nitrogens with zero attached hydrogens (tertiary/aromatic N) is 1. The number of aromatic nitrogens is 2. The normalized spacial score (nSPS) is 13.4. The van der Waals surface area contributed by atoms with Crippen LogP contribution in [-0.2, 0) is 30.4 Å². The number of carboxylic acids is 1. The summed E-state index contributed by atoms with van der Waals surface area (Å²) < 4.78 is 0. The van der Waals surface area contributed by atoms with Crippen LogP contribution in [0.25, 0.3) is 0 Å². The van der Waals surface area contributed by atoms with Crippen molar-refractivity contribution < 1.29 is 29.1 Å². The number of nitrogens with one attached hydrogen (secondary N) is 5. The van der Waals surface area contributed by atoms with Gasteiger partial charge >= 0.3 is 5.97 Å². The summed E-state index contributed by atoms with van der Waals surface area (Å²) in [4.78, 5) is 67.6. The number of amides is 4. The summed E-state index contributed by atoms with van der Waals surface area (Å²) in [5.41, 5.74) is 0.577. The topological polar surface area (TPSA) is 182 Å². The molecule has 0 spiro atoms. The van der Waals surface area contributed by atoms with Gasteiger partial charge in [-0.05, 0) is 30.8 Å². The van der Waals surface area contributed by atoms with Crippen LogP contribution in [0.4, 0.5) is 0 Å². The number of carboxylic acid groups (broad SMARTS) is 1. The maximum atomic E-state index is 13.1. The molecular formula is C21H34N6O6S. The van der Waals surface area contributed by atoms with E-state index in [4.69, 9.17) is 0 Å². The van der Waals surface area contributed by atoms with Crippen LogP contribution in [0.2, 0.25) is 0 Å². The molecule has 34 heavy (non-hydrogen) atoms. The van der Waals surface area contributed by atoms with Crippen molar-refractivity contribution in [2.45, 2.75) is 58.2 Å². The van der Waals surface area contributed by atoms with E-state index in [0.29, 0.717) is 11.4 Å². The van der Waals surface area contributed by atoms with Gasteiger partial charge in [0.05, 0.1) is 12.9 Å². The first-order chi connectivity index (χ1) is 16.0. The molecule has 190 valence electrons. The molecule has 1 heterocycles. The highest BCUT2D eigenvalue weighted by Gasteiger charge is 2.30. The number of carbonyl (C=O) groups excluding carboxylic acids is 4. The molecule has 13 heteroatoms. The number of aromatic amines is 1. The third-order valence-corrected chi connectivity index (χ3v) is 5.34. The van der Waals surface area contributed by atoms with Gasteiger partial charge in [-0.15, -0.1) is 0 Å². The fourth-order valence-corrected chi connectivity index (χ4v) is 3.49. The van der Waals surface area contributed by atoms with Crippen LogP contribution in [0.3, 0.4) is 0 Å². The second kappa shape index (κ2) is 14.9. The second-order valence-electron chi connectivity index (χ2n) is 8.18. The minimum Gasteiger partial charge on any atom is -0.480 e. The molecule has 1 rings (SSSR count). The van der Waals surface area contributed by atoms with Gasteiger partial charge in [0, 0.05) is 25.2 Å². The number of carbonyl (C=O) groups is 5. The van der Waals surface area contributed by atoms with Gasteiger partial charge in [0.1, 0.15) is 18.1 Å². The van der Waals surface area contributed by atoms with Crippen LogP contribution in [0.1, 0.15) is 39.3 Å². The average Bonchev–Trinajstić information content (AvgIpc) is 3.26. The third kappa shape index (κ3) is 11.2. The molecule has 0 saturated heterocycles. The Morgan fingerprint density at radius 2 is 1.71 bits per heavy atom. The lowest BCUT2D eigenvalue weighted by Crippen LogP contribution is -2.57. The van der Waals surface area contributed by atoms with Crippen molar-refractivity contribution in [1.29, 1.82) is 0 Å². The van der Waals surface area contributed by atoms with Gasteiger partial charge in [0.2, 0.25) is 23.6 Å². The zero-order valence-corrected chi connectivity index (χ0v) is 20.7. The van der Waals surface area contributed by atoms with Crippen LogP contribution < -0.4 is 21.3 Å². The molecule has 0 radical (unpaired) electrons. The average molecular weight is 499 g/mol. The molecular weight excluding hydrogens is 464 g/mol. The quantitative estimate of drug-likeness (QED) is 0.186. The van der Waals surface area contributed by atoms with Crippen molar-refractivity contribution in [3.05, 3.63) is 18.2 Å². The van der Waals surface area contributed by atoms with E-state index in [-0.39, 0.29) is 31.7 Å². The van der Waals surface area contributed by atoms with E-state index >= 15 is 0 Å². The van der Waals surface area contributed by atoms with Crippen molar-refractivity contribution >= 4 is 41.4 Å². The monoisotopic (exact) mass is 498 g/mol. The van der Waals surface area contributed by atoms with Gasteiger partial charge in [-0.2, -0.15) is 11.8 Å². The minimum atomic E-state index is -1.15. The molecule has 0 aliphatic rings. The van der Waals surface area contributed by atoms with Crippen molar-refractivity contribution in [2.75, 3.05) is 18.6 Å². The van der Waals surface area contributed by atoms with Gasteiger partial charge in [-0.25, -0.2) is 9.78 Å². The summed E-state index contributed by atoms with van der Waals surface area (Å²) in [5, 5.41) is 19.5. The molecule has 0 aliphatic carbocycles. The Labute approximate surface area is 202 Å². The molecule has 1 aromatic heterocycles. The largest absolute Gasteiger partial charge is 0.480 e. The lowest BCUT2D eigenvalue weighted by Gasteiger charge is -2.25. The number of hydrogen-bond donors (Lipinski definition) is 6. The van der Waals surface area contributed by atoms with E-state index in [9.17, 15) is 29.1 Å². The first-order valence-corrected chi connectivity index (χ1v) is 12.3. The fraction of sp³-hybridized carbons (Fsp3) is 0.619. The van der Waals surface area contributed by atoms with Crippen LogP contribution in [-0.4, -0.2) is 81.4 Å². The third-order valence-electron chi connectivity index (χ3n) is 4.69. The van der Waals surface area contributed by atoms with E-state index in [2.05, 4.69) is 31.2 Å². The Balaban J connectivity index is 2.97. The molecule has 1 aromatic rings. The van der Waals surface area contributed by atoms with Gasteiger partial charge in [0.15, 0.2) is 0 Å². The van der Waals surface area contributed by atoms with Crippen LogP contribution >= 0.6 is 11.8 Å². The molecule has 4 amide bonds. The SMILES string of the molecule is CSCC[C@H](NC(=O)[C@H](CC(C)C)NC(=O)[C@H](Cc1cnc[nH]1)NC(=O)CNC(C)=O)C(=O)O. The molecule has 12 nitrogen and oxygen atoms in total. The molecule has 0 bridgehead atoms. The molecule has 0 saturated carbocycles. The van der Waals surface area contributed by atoms with Crippen molar-refractivity contribution in [2.24, 2.45) is 5.92 Å². The number of H-pyrrole nitrogens is 1. The predicted molar refractivity (Wildman–Crippen MR) is 127 cm³/mol. The Bertz CT molecular complexity index is 832. The highest BCUT2D eigenvalue weighted by atomic mass is 32.2. The molecule has 3 atom stereocenters. The summed E-state index contributed by atoms with van der Waals surface area (Å²) in [5.74, 6) is -2.80. The second-order valence-corrected chi connectivity index (χ2v) is 9.17. The number of imidazole rings is 1. The fourth-order valence-electron chi connectivity index (χ4n) is 3.02. The Hall–Kier alpha value is -3.09. The van der Waals surface area contributed by atoms with Crippen molar-refractivity contribution in [3.63, 3.8) is 0 Å². The Morgan fingerprint density at radius 1 is 1.06 bits per heavy atom. The van der Waals surface area contributed by atoms with E-state index in [1.54, 1.807) is 0 Å². The lowest BCUT2D eigenvalue weighted by molar-refractivity contribution is -0.142. The highest BCUT2D eigenvalue weighted by Crippen LogP contribution is 2.09. The maximum Gasteiger partial charge on any atom is 0.326 e. The summed E-state index contributed by atoms with van der Waals surface area (Å²) in [7, 11) is 0. The molecule has 0 unspecified atom stereocenters. The number of hydrogen-bond acceptors (Lipinski definition) is 7. The standard InChI is InChI=1S/C21H34N6O6S/c1-12(2)7-16(19(30)26-15(21(32)33)5-6-34-4)27-20(31)17(8-14-9-22-11-24-14)25-18(29)10-23-13(3)28/h9,11-12,15-17H,5-8,10H2,1-4H3,(H,22,24)(H,23,28)(H,25,29)(H,26,30)(H,27,31)(H,32,33)/t15-,16-,17-/m0/s1. The Morgan fingerprint density at radius 3 is 2.24 bits per heavy atom. The zero-order chi connectivity index (χ0) is 25.7. The molecule has 0 aliphatic heterocycles. The smallest absolute Gasteiger partial charge is 0.326 e. The lowest BCUT2D eigenvalue weighted by atomic mass is 10.0. The Kier molecular flexibility index (Phi) is 12.7. The summed E-state index contributed by atoms with van der Waals surface area (Å²) >= 11 is 1.46. The van der Waals surface area contributed by atoms with Crippen LogP contribution in [0, 0.1) is 5.92 Å². The first kappa shape index (κ1) is 28.9. The summed E-state index contributed by atoms with van der Waals surface area (Å²) in [6.45, 7) is 4.69.